The fourth-order valence-corrected chi connectivity index (χ4v) is 2.06. The second-order valence-corrected chi connectivity index (χ2v) is 4.56. The zero-order chi connectivity index (χ0) is 12.7. The molecule has 0 aliphatic carbocycles. The van der Waals surface area contributed by atoms with Gasteiger partial charge in [-0.2, -0.15) is 0 Å². The van der Waals surface area contributed by atoms with E-state index in [1.165, 1.54) is 11.0 Å². The molecule has 0 N–H and O–H groups in total. The van der Waals surface area contributed by atoms with E-state index in [0.717, 1.165) is 32.1 Å². The second kappa shape index (κ2) is 7.33. The summed E-state index contributed by atoms with van der Waals surface area (Å²) in [4.78, 5) is 24.7. The maximum Gasteiger partial charge on any atom is 0.256 e. The summed E-state index contributed by atoms with van der Waals surface area (Å²) in [5, 5.41) is 1.74. The molecule has 1 heterocycles. The Morgan fingerprint density at radius 3 is 2.71 bits per heavy atom. The number of amides is 2. The quantitative estimate of drug-likeness (QED) is 0.379. The summed E-state index contributed by atoms with van der Waals surface area (Å²) in [5.41, 5.74) is 0.672. The molecule has 0 aromatic rings. The normalized spacial score (nSPS) is 15.4. The van der Waals surface area contributed by atoms with Gasteiger partial charge in [-0.25, -0.2) is 0 Å². The molecule has 0 radical (unpaired) electrons. The van der Waals surface area contributed by atoms with Crippen LogP contribution in [-0.2, 0) is 9.59 Å². The monoisotopic (exact) mass is 253 g/mol. The molecular formula is C13H19NO2S. The first-order valence-electron chi connectivity index (χ1n) is 6.20. The van der Waals surface area contributed by atoms with Crippen LogP contribution in [0.15, 0.2) is 11.6 Å². The standard InChI is InChI=1S/C13H19NO2S/c1-2-8-14-12(15)10-11(13(14)16)7-5-3-4-6-9-17/h9-10H,2-8H2,1H3. The molecule has 0 fully saturated rings. The van der Waals surface area contributed by atoms with Crippen LogP contribution in [0.4, 0.5) is 0 Å². The molecule has 0 saturated heterocycles. The average Bonchev–Trinajstić information content (AvgIpc) is 2.57. The van der Waals surface area contributed by atoms with Crippen molar-refractivity contribution in [3.63, 3.8) is 0 Å². The fraction of sp³-hybridized carbons (Fsp3) is 0.615. The van der Waals surface area contributed by atoms with E-state index in [4.69, 9.17) is 12.2 Å². The molecule has 94 valence electrons. The summed E-state index contributed by atoms with van der Waals surface area (Å²) in [7, 11) is 0. The van der Waals surface area contributed by atoms with Crippen LogP contribution in [0.3, 0.4) is 0 Å². The van der Waals surface area contributed by atoms with Crippen molar-refractivity contribution in [2.45, 2.75) is 45.4 Å². The first-order chi connectivity index (χ1) is 8.20. The second-order valence-electron chi connectivity index (χ2n) is 4.23. The van der Waals surface area contributed by atoms with Crippen LogP contribution in [0.25, 0.3) is 0 Å². The van der Waals surface area contributed by atoms with Crippen LogP contribution >= 0.6 is 12.2 Å². The summed E-state index contributed by atoms with van der Waals surface area (Å²) in [6.07, 6.45) is 7.04. The Balaban J connectivity index is 2.35. The lowest BCUT2D eigenvalue weighted by atomic mass is 10.1. The van der Waals surface area contributed by atoms with Gasteiger partial charge in [0, 0.05) is 18.2 Å². The molecule has 1 aliphatic rings. The van der Waals surface area contributed by atoms with Gasteiger partial charge in [0.1, 0.15) is 0 Å². The molecule has 3 nitrogen and oxygen atoms in total. The zero-order valence-corrected chi connectivity index (χ0v) is 11.1. The number of carbonyl (C=O) groups excluding carboxylic acids is 2. The largest absolute Gasteiger partial charge is 0.275 e. The van der Waals surface area contributed by atoms with Gasteiger partial charge in [0.25, 0.3) is 11.8 Å². The summed E-state index contributed by atoms with van der Waals surface area (Å²) in [6.45, 7) is 2.49. The van der Waals surface area contributed by atoms with E-state index < -0.39 is 0 Å². The highest BCUT2D eigenvalue weighted by Gasteiger charge is 2.29. The molecule has 0 aromatic carbocycles. The molecule has 0 saturated carbocycles. The van der Waals surface area contributed by atoms with Crippen molar-refractivity contribution in [1.29, 1.82) is 0 Å². The first-order valence-corrected chi connectivity index (χ1v) is 6.68. The number of nitrogens with zero attached hydrogens (tertiary/aromatic N) is 1. The third-order valence-electron chi connectivity index (χ3n) is 2.80. The number of carbonyl (C=O) groups is 2. The van der Waals surface area contributed by atoms with Gasteiger partial charge in [-0.3, -0.25) is 14.5 Å². The van der Waals surface area contributed by atoms with Crippen molar-refractivity contribution in [2.75, 3.05) is 6.54 Å². The molecule has 0 unspecified atom stereocenters. The molecular weight excluding hydrogens is 234 g/mol. The third kappa shape index (κ3) is 4.04. The first kappa shape index (κ1) is 14.0. The molecule has 0 aromatic heterocycles. The van der Waals surface area contributed by atoms with Gasteiger partial charge < -0.3 is 0 Å². The predicted molar refractivity (Wildman–Crippen MR) is 71.8 cm³/mol. The fourth-order valence-electron chi connectivity index (χ4n) is 1.90. The van der Waals surface area contributed by atoms with E-state index in [2.05, 4.69) is 0 Å². The summed E-state index contributed by atoms with van der Waals surface area (Å²) < 4.78 is 0. The van der Waals surface area contributed by atoms with Gasteiger partial charge in [-0.15, -0.1) is 0 Å². The van der Waals surface area contributed by atoms with Crippen molar-refractivity contribution < 1.29 is 9.59 Å². The molecule has 4 heteroatoms. The lowest BCUT2D eigenvalue weighted by molar-refractivity contribution is -0.137. The highest BCUT2D eigenvalue weighted by molar-refractivity contribution is 7.78. The molecule has 1 rings (SSSR count). The van der Waals surface area contributed by atoms with E-state index in [1.54, 1.807) is 5.37 Å². The highest BCUT2D eigenvalue weighted by atomic mass is 32.1. The van der Waals surface area contributed by atoms with E-state index in [0.29, 0.717) is 18.5 Å². The van der Waals surface area contributed by atoms with Gasteiger partial charge in [-0.1, -0.05) is 25.6 Å². The Labute approximate surface area is 108 Å². The van der Waals surface area contributed by atoms with E-state index >= 15 is 0 Å². The lowest BCUT2D eigenvalue weighted by Gasteiger charge is -2.12. The van der Waals surface area contributed by atoms with E-state index in [-0.39, 0.29) is 11.8 Å². The number of imide groups is 1. The Bertz CT molecular complexity index is 336. The number of hydrogen-bond donors (Lipinski definition) is 0. The van der Waals surface area contributed by atoms with Crippen molar-refractivity contribution in [1.82, 2.24) is 4.90 Å². The maximum atomic E-state index is 11.8. The highest BCUT2D eigenvalue weighted by Crippen LogP contribution is 2.19. The molecule has 17 heavy (non-hydrogen) atoms. The molecule has 0 bridgehead atoms. The van der Waals surface area contributed by atoms with Gasteiger partial charge in [0.2, 0.25) is 0 Å². The van der Waals surface area contributed by atoms with Crippen LogP contribution < -0.4 is 0 Å². The van der Waals surface area contributed by atoms with Gasteiger partial charge in [0.15, 0.2) is 0 Å². The van der Waals surface area contributed by atoms with Crippen molar-refractivity contribution >= 4 is 29.4 Å². The van der Waals surface area contributed by atoms with Crippen LogP contribution in [-0.4, -0.2) is 28.6 Å². The SMILES string of the molecule is CCCN1C(=O)C=C(CCCCCC=S)C1=O. The molecule has 0 atom stereocenters. The summed E-state index contributed by atoms with van der Waals surface area (Å²) in [5.74, 6) is -0.238. The lowest BCUT2D eigenvalue weighted by Crippen LogP contribution is -2.31. The minimum Gasteiger partial charge on any atom is -0.275 e. The van der Waals surface area contributed by atoms with E-state index in [9.17, 15) is 9.59 Å². The number of thiocarbonyl (C=S) groups is 1. The van der Waals surface area contributed by atoms with Crippen LogP contribution in [0, 0.1) is 0 Å². The van der Waals surface area contributed by atoms with Crippen molar-refractivity contribution in [2.24, 2.45) is 0 Å². The number of unbranched alkanes of at least 4 members (excludes halogenated alkanes) is 3. The van der Waals surface area contributed by atoms with Crippen molar-refractivity contribution in [3.05, 3.63) is 11.6 Å². The van der Waals surface area contributed by atoms with Gasteiger partial charge >= 0.3 is 0 Å². The van der Waals surface area contributed by atoms with Gasteiger partial charge in [-0.05, 0) is 37.5 Å². The molecule has 2 amide bonds. The number of hydrogen-bond acceptors (Lipinski definition) is 3. The third-order valence-corrected chi connectivity index (χ3v) is 3.03. The predicted octanol–water partition coefficient (Wildman–Crippen LogP) is 2.64. The minimum atomic E-state index is -0.147. The Morgan fingerprint density at radius 1 is 1.29 bits per heavy atom. The topological polar surface area (TPSA) is 37.4 Å². The Kier molecular flexibility index (Phi) is 6.05. The van der Waals surface area contributed by atoms with Gasteiger partial charge in [0.05, 0.1) is 0 Å². The van der Waals surface area contributed by atoms with Crippen molar-refractivity contribution in [3.8, 4) is 0 Å². The van der Waals surface area contributed by atoms with E-state index in [1.807, 2.05) is 6.92 Å². The minimum absolute atomic E-state index is 0.0910. The smallest absolute Gasteiger partial charge is 0.256 e. The van der Waals surface area contributed by atoms with Crippen LogP contribution in [0.5, 0.6) is 0 Å². The summed E-state index contributed by atoms with van der Waals surface area (Å²) in [6, 6.07) is 0. The number of rotatable bonds is 8. The maximum absolute atomic E-state index is 11.8. The van der Waals surface area contributed by atoms with Crippen LogP contribution in [0.1, 0.15) is 45.4 Å². The summed E-state index contributed by atoms with van der Waals surface area (Å²) >= 11 is 4.75. The Hall–Kier alpha value is -1.03. The molecule has 1 aliphatic heterocycles. The molecule has 0 spiro atoms. The Morgan fingerprint density at radius 2 is 2.06 bits per heavy atom. The zero-order valence-electron chi connectivity index (χ0n) is 10.3. The average molecular weight is 253 g/mol. The van der Waals surface area contributed by atoms with Crippen LogP contribution in [0.2, 0.25) is 0 Å².